The highest BCUT2D eigenvalue weighted by Gasteiger charge is 2.44. The van der Waals surface area contributed by atoms with Crippen LogP contribution in [0.15, 0.2) is 54.1 Å². The van der Waals surface area contributed by atoms with Crippen molar-refractivity contribution in [2.75, 3.05) is 13.2 Å². The molecule has 2 aromatic rings. The van der Waals surface area contributed by atoms with Crippen molar-refractivity contribution in [2.45, 2.75) is 56.6 Å². The van der Waals surface area contributed by atoms with Crippen molar-refractivity contribution >= 4 is 34.5 Å². The molecule has 0 bridgehead atoms. The number of ether oxygens (including phenoxy) is 2. The SMILES string of the molecule is CC1=CCC(NC(=O)c2ccc3ccccc3c2)C(=O)N2C(COC[C@H]2C(=O)NC2CC(=O)OC2O)C1. The lowest BCUT2D eigenvalue weighted by Gasteiger charge is -2.44. The molecular weight excluding hydrogens is 478 g/mol. The molecule has 0 aromatic heterocycles. The van der Waals surface area contributed by atoms with Gasteiger partial charge < -0.3 is 30.1 Å². The molecule has 37 heavy (non-hydrogen) atoms. The van der Waals surface area contributed by atoms with E-state index in [1.54, 1.807) is 12.1 Å². The zero-order chi connectivity index (χ0) is 26.1. The molecule has 4 unspecified atom stereocenters. The number of carbonyl (C=O) groups is 4. The fourth-order valence-electron chi connectivity index (χ4n) is 5.12. The van der Waals surface area contributed by atoms with E-state index in [9.17, 15) is 24.3 Å². The lowest BCUT2D eigenvalue weighted by atomic mass is 9.95. The summed E-state index contributed by atoms with van der Waals surface area (Å²) in [6.07, 6.45) is 1.13. The maximum absolute atomic E-state index is 13.8. The second-order valence-corrected chi connectivity index (χ2v) is 9.73. The van der Waals surface area contributed by atoms with E-state index >= 15 is 0 Å². The molecule has 0 radical (unpaired) electrons. The monoisotopic (exact) mass is 507 g/mol. The molecule has 2 saturated heterocycles. The molecule has 3 amide bonds. The van der Waals surface area contributed by atoms with Gasteiger partial charge in [-0.2, -0.15) is 0 Å². The van der Waals surface area contributed by atoms with Gasteiger partial charge in [0.05, 0.1) is 25.7 Å². The molecule has 2 aromatic carbocycles. The van der Waals surface area contributed by atoms with E-state index in [1.165, 1.54) is 4.90 Å². The van der Waals surface area contributed by atoms with Gasteiger partial charge in [0.25, 0.3) is 5.91 Å². The molecule has 3 N–H and O–H groups in total. The predicted octanol–water partition coefficient (Wildman–Crippen LogP) is 1.02. The summed E-state index contributed by atoms with van der Waals surface area (Å²) in [5.41, 5.74) is 1.45. The Morgan fingerprint density at radius 3 is 2.57 bits per heavy atom. The molecule has 5 rings (SSSR count). The molecule has 0 aliphatic carbocycles. The van der Waals surface area contributed by atoms with Crippen molar-refractivity contribution in [2.24, 2.45) is 0 Å². The molecule has 3 heterocycles. The van der Waals surface area contributed by atoms with Gasteiger partial charge in [-0.25, -0.2) is 0 Å². The van der Waals surface area contributed by atoms with Gasteiger partial charge in [-0.1, -0.05) is 42.0 Å². The number of rotatable bonds is 4. The first kappa shape index (κ1) is 24.9. The average molecular weight is 508 g/mol. The Kier molecular flexibility index (Phi) is 6.94. The number of nitrogens with zero attached hydrogens (tertiary/aromatic N) is 1. The molecule has 0 spiro atoms. The summed E-state index contributed by atoms with van der Waals surface area (Å²) >= 11 is 0. The van der Waals surface area contributed by atoms with Crippen LogP contribution < -0.4 is 10.6 Å². The highest BCUT2D eigenvalue weighted by atomic mass is 16.6. The van der Waals surface area contributed by atoms with E-state index in [2.05, 4.69) is 10.6 Å². The zero-order valence-electron chi connectivity index (χ0n) is 20.4. The Morgan fingerprint density at radius 1 is 1.03 bits per heavy atom. The Labute approximate surface area is 213 Å². The lowest BCUT2D eigenvalue weighted by Crippen LogP contribution is -2.65. The summed E-state index contributed by atoms with van der Waals surface area (Å²) in [6, 6.07) is 9.87. The van der Waals surface area contributed by atoms with Crippen molar-refractivity contribution in [1.29, 1.82) is 0 Å². The van der Waals surface area contributed by atoms with Crippen molar-refractivity contribution in [3.63, 3.8) is 0 Å². The Morgan fingerprint density at radius 2 is 1.81 bits per heavy atom. The molecule has 3 aliphatic rings. The lowest BCUT2D eigenvalue weighted by molar-refractivity contribution is -0.159. The van der Waals surface area contributed by atoms with Gasteiger partial charge in [0.15, 0.2) is 0 Å². The summed E-state index contributed by atoms with van der Waals surface area (Å²) in [4.78, 5) is 53.2. The molecular formula is C27H29N3O7. The van der Waals surface area contributed by atoms with Crippen LogP contribution in [0.1, 0.15) is 36.5 Å². The third kappa shape index (κ3) is 5.21. The third-order valence-electron chi connectivity index (χ3n) is 7.06. The van der Waals surface area contributed by atoms with Crippen LogP contribution in [0.4, 0.5) is 0 Å². The predicted molar refractivity (Wildman–Crippen MR) is 132 cm³/mol. The minimum absolute atomic E-state index is 0.0419. The quantitative estimate of drug-likeness (QED) is 0.416. The largest absolute Gasteiger partial charge is 0.434 e. The van der Waals surface area contributed by atoms with Crippen molar-refractivity contribution in [1.82, 2.24) is 15.5 Å². The normalized spacial score (nSPS) is 28.0. The molecule has 0 saturated carbocycles. The second-order valence-electron chi connectivity index (χ2n) is 9.73. The first-order valence-corrected chi connectivity index (χ1v) is 12.3. The van der Waals surface area contributed by atoms with Gasteiger partial charge in [-0.05, 0) is 42.7 Å². The number of esters is 1. The van der Waals surface area contributed by atoms with Crippen molar-refractivity contribution in [3.8, 4) is 0 Å². The van der Waals surface area contributed by atoms with E-state index < -0.39 is 42.3 Å². The summed E-state index contributed by atoms with van der Waals surface area (Å²) in [5.74, 6) is -1.94. The minimum Gasteiger partial charge on any atom is -0.434 e. The summed E-state index contributed by atoms with van der Waals surface area (Å²) in [5, 5.41) is 17.3. The number of morpholine rings is 1. The number of hydrogen-bond donors (Lipinski definition) is 3. The number of aliphatic hydroxyl groups excluding tert-OH is 1. The van der Waals surface area contributed by atoms with Gasteiger partial charge in [0, 0.05) is 5.56 Å². The van der Waals surface area contributed by atoms with E-state index in [0.29, 0.717) is 12.0 Å². The number of amides is 3. The van der Waals surface area contributed by atoms with Crippen molar-refractivity contribution in [3.05, 3.63) is 59.7 Å². The number of nitrogens with one attached hydrogen (secondary N) is 2. The number of hydrogen-bond acceptors (Lipinski definition) is 7. The number of carbonyl (C=O) groups excluding carboxylic acids is 4. The van der Waals surface area contributed by atoms with Crippen LogP contribution in [0.25, 0.3) is 10.8 Å². The van der Waals surface area contributed by atoms with Crippen LogP contribution in [0, 0.1) is 0 Å². The number of fused-ring (bicyclic) bond motifs is 2. The van der Waals surface area contributed by atoms with E-state index in [-0.39, 0.29) is 37.9 Å². The minimum atomic E-state index is -1.45. The topological polar surface area (TPSA) is 134 Å². The first-order chi connectivity index (χ1) is 17.8. The van der Waals surface area contributed by atoms with E-state index in [1.807, 2.05) is 43.3 Å². The third-order valence-corrected chi connectivity index (χ3v) is 7.06. The highest BCUT2D eigenvalue weighted by Crippen LogP contribution is 2.26. The first-order valence-electron chi connectivity index (χ1n) is 12.3. The fourth-order valence-corrected chi connectivity index (χ4v) is 5.12. The Hall–Kier alpha value is -3.76. The van der Waals surface area contributed by atoms with Crippen LogP contribution in [-0.4, -0.2) is 77.4 Å². The maximum atomic E-state index is 13.8. The van der Waals surface area contributed by atoms with Gasteiger partial charge in [0.1, 0.15) is 18.1 Å². The summed E-state index contributed by atoms with van der Waals surface area (Å²) < 4.78 is 10.4. The molecule has 10 heteroatoms. The van der Waals surface area contributed by atoms with Gasteiger partial charge >= 0.3 is 5.97 Å². The van der Waals surface area contributed by atoms with E-state index in [0.717, 1.165) is 16.3 Å². The average Bonchev–Trinajstić information content (AvgIpc) is 3.20. The van der Waals surface area contributed by atoms with Crippen LogP contribution in [0.2, 0.25) is 0 Å². The highest BCUT2D eigenvalue weighted by molar-refractivity contribution is 6.01. The van der Waals surface area contributed by atoms with Gasteiger partial charge in [-0.3, -0.25) is 19.2 Å². The van der Waals surface area contributed by atoms with Crippen LogP contribution >= 0.6 is 0 Å². The molecule has 5 atom stereocenters. The zero-order valence-corrected chi connectivity index (χ0v) is 20.4. The van der Waals surface area contributed by atoms with E-state index in [4.69, 9.17) is 9.47 Å². The van der Waals surface area contributed by atoms with Crippen LogP contribution in [-0.2, 0) is 23.9 Å². The molecule has 10 nitrogen and oxygen atoms in total. The Balaban J connectivity index is 1.37. The maximum Gasteiger partial charge on any atom is 0.310 e. The van der Waals surface area contributed by atoms with Crippen LogP contribution in [0.5, 0.6) is 0 Å². The standard InChI is InChI=1S/C27H29N3O7/c1-15-6-9-20(28-24(32)18-8-7-16-4-2-3-5-17(16)11-18)26(34)30-19(10-15)13-36-14-22(30)25(33)29-21-12-23(31)37-27(21)35/h2-8,11,19-22,27,35H,9-10,12-14H2,1H3,(H,28,32)(H,29,33)/t19?,20?,21?,22-,27?/m0/s1. The number of cyclic esters (lactones) is 1. The fraction of sp³-hybridized carbons (Fsp3) is 0.407. The van der Waals surface area contributed by atoms with Gasteiger partial charge in [-0.15, -0.1) is 0 Å². The van der Waals surface area contributed by atoms with Gasteiger partial charge in [0.2, 0.25) is 18.1 Å². The number of benzene rings is 2. The smallest absolute Gasteiger partial charge is 0.310 e. The Bertz CT molecular complexity index is 1280. The number of aliphatic hydroxyl groups is 1. The second kappa shape index (κ2) is 10.3. The van der Waals surface area contributed by atoms with Crippen molar-refractivity contribution < 1.29 is 33.8 Å². The molecule has 194 valence electrons. The summed E-state index contributed by atoms with van der Waals surface area (Å²) in [6.45, 7) is 2.15. The molecule has 3 aliphatic heterocycles. The molecule has 2 fully saturated rings. The van der Waals surface area contributed by atoms with Crippen LogP contribution in [0.3, 0.4) is 0 Å². The summed E-state index contributed by atoms with van der Waals surface area (Å²) in [7, 11) is 0.